The Kier molecular flexibility index (Phi) is 5.87. The van der Waals surface area contributed by atoms with E-state index in [-0.39, 0.29) is 0 Å². The summed E-state index contributed by atoms with van der Waals surface area (Å²) in [6.07, 6.45) is 8.90. The van der Waals surface area contributed by atoms with Gasteiger partial charge in [0, 0.05) is 18.3 Å². The van der Waals surface area contributed by atoms with E-state index in [0.29, 0.717) is 5.92 Å². The lowest BCUT2D eigenvalue weighted by Crippen LogP contribution is -2.32. The van der Waals surface area contributed by atoms with E-state index in [4.69, 9.17) is 4.74 Å². The SMILES string of the molecule is COc1ncccc1CN1CCC(/C=C/c2cc(C)cc(C)c2)CC1. The van der Waals surface area contributed by atoms with Gasteiger partial charge in [-0.1, -0.05) is 47.5 Å². The number of benzene rings is 1. The lowest BCUT2D eigenvalue weighted by molar-refractivity contribution is 0.193. The van der Waals surface area contributed by atoms with E-state index in [1.54, 1.807) is 13.3 Å². The van der Waals surface area contributed by atoms with Gasteiger partial charge in [-0.15, -0.1) is 0 Å². The Bertz CT molecular complexity index is 710. The molecule has 1 saturated heterocycles. The molecule has 3 heteroatoms. The summed E-state index contributed by atoms with van der Waals surface area (Å²) in [5.74, 6) is 1.42. The number of nitrogens with zero attached hydrogens (tertiary/aromatic N) is 2. The van der Waals surface area contributed by atoms with Crippen LogP contribution in [-0.4, -0.2) is 30.1 Å². The summed E-state index contributed by atoms with van der Waals surface area (Å²) in [6.45, 7) is 7.50. The summed E-state index contributed by atoms with van der Waals surface area (Å²) in [7, 11) is 1.69. The van der Waals surface area contributed by atoms with Gasteiger partial charge in [-0.3, -0.25) is 4.90 Å². The summed E-state index contributed by atoms with van der Waals surface area (Å²) in [5, 5.41) is 0. The molecule has 1 aromatic carbocycles. The van der Waals surface area contributed by atoms with Crippen molar-refractivity contribution in [3.05, 3.63) is 64.9 Å². The third-order valence-electron chi connectivity index (χ3n) is 4.87. The molecule has 0 amide bonds. The van der Waals surface area contributed by atoms with Crippen molar-refractivity contribution >= 4 is 6.08 Å². The van der Waals surface area contributed by atoms with Crippen LogP contribution in [0.2, 0.25) is 0 Å². The third kappa shape index (κ3) is 4.93. The van der Waals surface area contributed by atoms with E-state index < -0.39 is 0 Å². The molecule has 0 unspecified atom stereocenters. The Morgan fingerprint density at radius 2 is 1.88 bits per heavy atom. The monoisotopic (exact) mass is 336 g/mol. The van der Waals surface area contributed by atoms with E-state index in [2.05, 4.69) is 60.1 Å². The number of allylic oxidation sites excluding steroid dienone is 1. The largest absolute Gasteiger partial charge is 0.481 e. The fourth-order valence-corrected chi connectivity index (χ4v) is 3.63. The molecule has 3 nitrogen and oxygen atoms in total. The molecule has 1 fully saturated rings. The first kappa shape index (κ1) is 17.7. The first-order valence-corrected chi connectivity index (χ1v) is 9.11. The molecule has 132 valence electrons. The van der Waals surface area contributed by atoms with Crippen LogP contribution in [-0.2, 0) is 6.54 Å². The van der Waals surface area contributed by atoms with Crippen LogP contribution < -0.4 is 4.74 Å². The first-order chi connectivity index (χ1) is 12.1. The van der Waals surface area contributed by atoms with E-state index in [1.165, 1.54) is 35.1 Å². The van der Waals surface area contributed by atoms with E-state index in [1.807, 2.05) is 6.07 Å². The fraction of sp³-hybridized carbons (Fsp3) is 0.409. The maximum atomic E-state index is 5.37. The van der Waals surface area contributed by atoms with Gasteiger partial charge >= 0.3 is 0 Å². The molecular formula is C22H28N2O. The average molecular weight is 336 g/mol. The van der Waals surface area contributed by atoms with Crippen molar-refractivity contribution in [1.82, 2.24) is 9.88 Å². The molecule has 1 aliphatic heterocycles. The smallest absolute Gasteiger partial charge is 0.217 e. The minimum atomic E-state index is 0.674. The van der Waals surface area contributed by atoms with Crippen molar-refractivity contribution in [1.29, 1.82) is 0 Å². The van der Waals surface area contributed by atoms with Gasteiger partial charge in [0.2, 0.25) is 5.88 Å². The summed E-state index contributed by atoms with van der Waals surface area (Å²) in [5.41, 5.74) is 5.16. The standard InChI is InChI=1S/C22H28N2O/c1-17-13-18(2)15-20(14-17)7-6-19-8-11-24(12-9-19)16-21-5-4-10-23-22(21)25-3/h4-7,10,13-15,19H,8-9,11-12,16H2,1-3H3/b7-6+. The molecule has 1 aliphatic rings. The Morgan fingerprint density at radius 1 is 1.16 bits per heavy atom. The molecule has 0 spiro atoms. The third-order valence-corrected chi connectivity index (χ3v) is 4.87. The molecule has 0 radical (unpaired) electrons. The number of pyridine rings is 1. The van der Waals surface area contributed by atoms with Crippen LogP contribution in [0, 0.1) is 19.8 Å². The van der Waals surface area contributed by atoms with Crippen LogP contribution in [0.5, 0.6) is 5.88 Å². The highest BCUT2D eigenvalue weighted by molar-refractivity contribution is 5.52. The minimum Gasteiger partial charge on any atom is -0.481 e. The number of aromatic nitrogens is 1. The molecule has 25 heavy (non-hydrogen) atoms. The molecular weight excluding hydrogens is 308 g/mol. The van der Waals surface area contributed by atoms with Gasteiger partial charge in [0.05, 0.1) is 7.11 Å². The average Bonchev–Trinajstić information content (AvgIpc) is 2.61. The van der Waals surface area contributed by atoms with Gasteiger partial charge in [-0.25, -0.2) is 4.98 Å². The zero-order chi connectivity index (χ0) is 17.6. The summed E-state index contributed by atoms with van der Waals surface area (Å²) in [4.78, 5) is 6.80. The summed E-state index contributed by atoms with van der Waals surface area (Å²) < 4.78 is 5.37. The van der Waals surface area contributed by atoms with Gasteiger partial charge < -0.3 is 4.74 Å². The predicted octanol–water partition coefficient (Wildman–Crippen LogP) is 4.63. The Labute approximate surface area is 151 Å². The quantitative estimate of drug-likeness (QED) is 0.796. The molecule has 0 atom stereocenters. The molecule has 3 rings (SSSR count). The van der Waals surface area contributed by atoms with E-state index in [0.717, 1.165) is 25.5 Å². The zero-order valence-corrected chi connectivity index (χ0v) is 15.5. The molecule has 0 saturated carbocycles. The predicted molar refractivity (Wildman–Crippen MR) is 104 cm³/mol. The van der Waals surface area contributed by atoms with Gasteiger partial charge in [0.15, 0.2) is 0 Å². The van der Waals surface area contributed by atoms with Gasteiger partial charge in [-0.2, -0.15) is 0 Å². The minimum absolute atomic E-state index is 0.674. The van der Waals surface area contributed by atoms with Crippen LogP contribution in [0.15, 0.2) is 42.6 Å². The Morgan fingerprint density at radius 3 is 2.56 bits per heavy atom. The first-order valence-electron chi connectivity index (χ1n) is 9.11. The van der Waals surface area contributed by atoms with Crippen LogP contribution in [0.3, 0.4) is 0 Å². The van der Waals surface area contributed by atoms with Crippen molar-refractivity contribution < 1.29 is 4.74 Å². The number of likely N-dealkylation sites (tertiary alicyclic amines) is 1. The maximum absolute atomic E-state index is 5.37. The van der Waals surface area contributed by atoms with Gasteiger partial charge in [0.1, 0.15) is 0 Å². The summed E-state index contributed by atoms with van der Waals surface area (Å²) >= 11 is 0. The second-order valence-corrected chi connectivity index (χ2v) is 7.07. The van der Waals surface area contributed by atoms with Crippen LogP contribution >= 0.6 is 0 Å². The molecule has 2 aromatic rings. The lowest BCUT2D eigenvalue weighted by atomic mass is 9.95. The number of hydrogen-bond donors (Lipinski definition) is 0. The van der Waals surface area contributed by atoms with Crippen LogP contribution in [0.4, 0.5) is 0 Å². The zero-order valence-electron chi connectivity index (χ0n) is 15.5. The van der Waals surface area contributed by atoms with Gasteiger partial charge in [0.25, 0.3) is 0 Å². The van der Waals surface area contributed by atoms with E-state index >= 15 is 0 Å². The number of methoxy groups -OCH3 is 1. The maximum Gasteiger partial charge on any atom is 0.217 e. The Hall–Kier alpha value is -2.13. The number of rotatable bonds is 5. The second kappa shape index (κ2) is 8.30. The van der Waals surface area contributed by atoms with Gasteiger partial charge in [-0.05, 0) is 57.3 Å². The lowest BCUT2D eigenvalue weighted by Gasteiger charge is -2.30. The van der Waals surface area contributed by atoms with Crippen LogP contribution in [0.25, 0.3) is 6.08 Å². The molecule has 1 aromatic heterocycles. The molecule has 0 aliphatic carbocycles. The highest BCUT2D eigenvalue weighted by Gasteiger charge is 2.18. The highest BCUT2D eigenvalue weighted by Crippen LogP contribution is 2.23. The fourth-order valence-electron chi connectivity index (χ4n) is 3.63. The van der Waals surface area contributed by atoms with Crippen molar-refractivity contribution in [3.8, 4) is 5.88 Å². The number of aryl methyl sites for hydroxylation is 2. The molecule has 0 N–H and O–H groups in total. The van der Waals surface area contributed by atoms with Crippen molar-refractivity contribution in [2.45, 2.75) is 33.2 Å². The van der Waals surface area contributed by atoms with Crippen molar-refractivity contribution in [2.75, 3.05) is 20.2 Å². The summed E-state index contributed by atoms with van der Waals surface area (Å²) in [6, 6.07) is 10.8. The molecule has 2 heterocycles. The normalized spacial score (nSPS) is 16.4. The van der Waals surface area contributed by atoms with Crippen LogP contribution in [0.1, 0.15) is 35.1 Å². The van der Waals surface area contributed by atoms with Crippen molar-refractivity contribution in [2.24, 2.45) is 5.92 Å². The molecule has 0 bridgehead atoms. The number of ether oxygens (including phenoxy) is 1. The topological polar surface area (TPSA) is 25.4 Å². The second-order valence-electron chi connectivity index (χ2n) is 7.07. The van der Waals surface area contributed by atoms with E-state index in [9.17, 15) is 0 Å². The number of hydrogen-bond acceptors (Lipinski definition) is 3. The van der Waals surface area contributed by atoms with Crippen molar-refractivity contribution in [3.63, 3.8) is 0 Å². The Balaban J connectivity index is 1.54. The highest BCUT2D eigenvalue weighted by atomic mass is 16.5. The number of piperidine rings is 1.